The average molecular weight is 383 g/mol. The largest absolute Gasteiger partial charge is 0.354 e. The molecule has 140 valence electrons. The van der Waals surface area contributed by atoms with Crippen LogP contribution in [-0.2, 0) is 9.59 Å². The zero-order chi connectivity index (χ0) is 18.8. The van der Waals surface area contributed by atoms with Gasteiger partial charge in [-0.3, -0.25) is 14.4 Å². The molecule has 1 aromatic carbocycles. The fraction of sp³-hybridized carbons (Fsp3) is 0.350. The Labute approximate surface area is 161 Å². The van der Waals surface area contributed by atoms with E-state index in [-0.39, 0.29) is 36.1 Å². The summed E-state index contributed by atoms with van der Waals surface area (Å²) in [6.07, 6.45) is 2.12. The van der Waals surface area contributed by atoms with Crippen LogP contribution in [-0.4, -0.2) is 35.7 Å². The number of hydrogen-bond acceptors (Lipinski definition) is 4. The third kappa shape index (κ3) is 4.03. The second-order valence-corrected chi connectivity index (χ2v) is 7.99. The zero-order valence-electron chi connectivity index (χ0n) is 14.8. The lowest BCUT2D eigenvalue weighted by Gasteiger charge is -2.29. The van der Waals surface area contributed by atoms with Crippen molar-refractivity contribution in [3.05, 3.63) is 52.9 Å². The van der Waals surface area contributed by atoms with Crippen molar-refractivity contribution in [3.63, 3.8) is 0 Å². The number of anilines is 1. The van der Waals surface area contributed by atoms with Gasteiger partial charge in [-0.15, -0.1) is 11.3 Å². The van der Waals surface area contributed by atoms with Crippen molar-refractivity contribution in [1.82, 2.24) is 10.2 Å². The lowest BCUT2D eigenvalue weighted by atomic mass is 10.0. The van der Waals surface area contributed by atoms with Gasteiger partial charge in [0, 0.05) is 19.0 Å². The maximum absolute atomic E-state index is 13.2. The fourth-order valence-electron chi connectivity index (χ4n) is 3.28. The lowest BCUT2D eigenvalue weighted by Crippen LogP contribution is -2.36. The van der Waals surface area contributed by atoms with Crippen LogP contribution in [0.3, 0.4) is 0 Å². The molecule has 1 saturated heterocycles. The maximum atomic E-state index is 13.2. The van der Waals surface area contributed by atoms with Gasteiger partial charge in [0.25, 0.3) is 5.91 Å². The van der Waals surface area contributed by atoms with Crippen LogP contribution in [0.4, 0.5) is 5.00 Å². The second kappa shape index (κ2) is 7.52. The summed E-state index contributed by atoms with van der Waals surface area (Å²) in [4.78, 5) is 39.5. The quantitative estimate of drug-likeness (QED) is 0.852. The van der Waals surface area contributed by atoms with E-state index in [0.29, 0.717) is 23.0 Å². The summed E-state index contributed by atoms with van der Waals surface area (Å²) in [7, 11) is 0. The molecule has 0 spiro atoms. The van der Waals surface area contributed by atoms with Crippen LogP contribution < -0.4 is 10.6 Å². The van der Waals surface area contributed by atoms with E-state index in [4.69, 9.17) is 0 Å². The van der Waals surface area contributed by atoms with Gasteiger partial charge >= 0.3 is 0 Å². The SMILES string of the molecule is O=C1CC(c2ccccc2)N(C(=O)c2ccc(NC(=O)C3CC3)s2)CCN1. The van der Waals surface area contributed by atoms with Gasteiger partial charge in [0.05, 0.1) is 22.3 Å². The van der Waals surface area contributed by atoms with Gasteiger partial charge in [-0.25, -0.2) is 0 Å². The number of hydrogen-bond donors (Lipinski definition) is 2. The highest BCUT2D eigenvalue weighted by molar-refractivity contribution is 7.18. The molecular weight excluding hydrogens is 362 g/mol. The Hall–Kier alpha value is -2.67. The molecule has 0 bridgehead atoms. The highest BCUT2D eigenvalue weighted by Gasteiger charge is 2.32. The summed E-state index contributed by atoms with van der Waals surface area (Å²) in [5, 5.41) is 6.42. The topological polar surface area (TPSA) is 78.5 Å². The number of carbonyl (C=O) groups excluding carboxylic acids is 3. The number of nitrogens with zero attached hydrogens (tertiary/aromatic N) is 1. The monoisotopic (exact) mass is 383 g/mol. The standard InChI is InChI=1S/C20H21N3O3S/c24-17-12-15(13-4-2-1-3-5-13)23(11-10-21-17)20(26)16-8-9-18(27-16)22-19(25)14-6-7-14/h1-5,8-9,14-15H,6-7,10-12H2,(H,21,24)(H,22,25). The van der Waals surface area contributed by atoms with E-state index >= 15 is 0 Å². The summed E-state index contributed by atoms with van der Waals surface area (Å²) in [6.45, 7) is 0.885. The number of carbonyl (C=O) groups is 3. The van der Waals surface area contributed by atoms with E-state index in [0.717, 1.165) is 18.4 Å². The average Bonchev–Trinajstić information content (AvgIpc) is 3.46. The Morgan fingerprint density at radius 2 is 1.89 bits per heavy atom. The predicted octanol–water partition coefficient (Wildman–Crippen LogP) is 2.80. The minimum atomic E-state index is -0.298. The van der Waals surface area contributed by atoms with Crippen molar-refractivity contribution >= 4 is 34.1 Å². The molecule has 1 aliphatic heterocycles. The van der Waals surface area contributed by atoms with Crippen LogP contribution in [0.5, 0.6) is 0 Å². The Morgan fingerprint density at radius 3 is 2.63 bits per heavy atom. The first-order valence-electron chi connectivity index (χ1n) is 9.15. The van der Waals surface area contributed by atoms with E-state index in [9.17, 15) is 14.4 Å². The lowest BCUT2D eigenvalue weighted by molar-refractivity contribution is -0.121. The number of benzene rings is 1. The molecule has 2 aliphatic rings. The van der Waals surface area contributed by atoms with Crippen molar-refractivity contribution in [2.75, 3.05) is 18.4 Å². The van der Waals surface area contributed by atoms with Crippen molar-refractivity contribution in [1.29, 1.82) is 0 Å². The van der Waals surface area contributed by atoms with E-state index in [1.165, 1.54) is 11.3 Å². The van der Waals surface area contributed by atoms with Crippen LogP contribution in [0.25, 0.3) is 0 Å². The molecule has 1 aromatic heterocycles. The molecule has 3 amide bonds. The minimum Gasteiger partial charge on any atom is -0.354 e. The van der Waals surface area contributed by atoms with Crippen LogP contribution >= 0.6 is 11.3 Å². The van der Waals surface area contributed by atoms with Gasteiger partial charge < -0.3 is 15.5 Å². The molecule has 2 N–H and O–H groups in total. The predicted molar refractivity (Wildman–Crippen MR) is 104 cm³/mol. The number of amides is 3. The van der Waals surface area contributed by atoms with Gasteiger partial charge in [0.15, 0.2) is 0 Å². The summed E-state index contributed by atoms with van der Waals surface area (Å²) in [6, 6.07) is 12.9. The van der Waals surface area contributed by atoms with Gasteiger partial charge in [-0.1, -0.05) is 30.3 Å². The Balaban J connectivity index is 1.55. The van der Waals surface area contributed by atoms with Crippen LogP contribution in [0.15, 0.2) is 42.5 Å². The smallest absolute Gasteiger partial charge is 0.264 e. The molecule has 1 unspecified atom stereocenters. The highest BCUT2D eigenvalue weighted by atomic mass is 32.1. The van der Waals surface area contributed by atoms with Crippen LogP contribution in [0, 0.1) is 5.92 Å². The van der Waals surface area contributed by atoms with Gasteiger partial charge in [0.2, 0.25) is 11.8 Å². The Kier molecular flexibility index (Phi) is 4.94. The summed E-state index contributed by atoms with van der Waals surface area (Å²) in [5.41, 5.74) is 0.946. The summed E-state index contributed by atoms with van der Waals surface area (Å²) >= 11 is 1.28. The molecule has 1 aliphatic carbocycles. The molecule has 1 saturated carbocycles. The highest BCUT2D eigenvalue weighted by Crippen LogP contribution is 2.33. The normalized spacial score (nSPS) is 19.9. The van der Waals surface area contributed by atoms with Crippen molar-refractivity contribution < 1.29 is 14.4 Å². The number of rotatable bonds is 4. The van der Waals surface area contributed by atoms with E-state index in [1.54, 1.807) is 17.0 Å². The molecule has 2 aromatic rings. The number of thiophene rings is 1. The molecule has 27 heavy (non-hydrogen) atoms. The molecule has 7 heteroatoms. The molecule has 2 heterocycles. The molecule has 4 rings (SSSR count). The minimum absolute atomic E-state index is 0.0302. The summed E-state index contributed by atoms with van der Waals surface area (Å²) < 4.78 is 0. The fourth-order valence-corrected chi connectivity index (χ4v) is 4.14. The first kappa shape index (κ1) is 17.7. The van der Waals surface area contributed by atoms with Crippen LogP contribution in [0.2, 0.25) is 0 Å². The van der Waals surface area contributed by atoms with Gasteiger partial charge in [0.1, 0.15) is 0 Å². The zero-order valence-corrected chi connectivity index (χ0v) is 15.6. The van der Waals surface area contributed by atoms with Crippen molar-refractivity contribution in [2.24, 2.45) is 5.92 Å². The first-order chi connectivity index (χ1) is 13.1. The van der Waals surface area contributed by atoms with Crippen molar-refractivity contribution in [2.45, 2.75) is 25.3 Å². The van der Waals surface area contributed by atoms with Crippen LogP contribution in [0.1, 0.15) is 40.5 Å². The maximum Gasteiger partial charge on any atom is 0.264 e. The first-order valence-corrected chi connectivity index (χ1v) is 9.97. The molecule has 6 nitrogen and oxygen atoms in total. The third-order valence-corrected chi connectivity index (χ3v) is 5.88. The molecule has 1 atom stereocenters. The third-order valence-electron chi connectivity index (χ3n) is 4.89. The number of nitrogens with one attached hydrogen (secondary N) is 2. The second-order valence-electron chi connectivity index (χ2n) is 6.91. The summed E-state index contributed by atoms with van der Waals surface area (Å²) in [5.74, 6) is -0.0148. The molecule has 2 fully saturated rings. The Bertz CT molecular complexity index is 860. The van der Waals surface area contributed by atoms with E-state index < -0.39 is 0 Å². The van der Waals surface area contributed by atoms with Crippen molar-refractivity contribution in [3.8, 4) is 0 Å². The molecule has 0 radical (unpaired) electrons. The van der Waals surface area contributed by atoms with Gasteiger partial charge in [-0.05, 0) is 30.5 Å². The molecular formula is C20H21N3O3S. The van der Waals surface area contributed by atoms with Gasteiger partial charge in [-0.2, -0.15) is 0 Å². The van der Waals surface area contributed by atoms with E-state index in [1.807, 2.05) is 30.3 Å². The van der Waals surface area contributed by atoms with E-state index in [2.05, 4.69) is 10.6 Å². The Morgan fingerprint density at radius 1 is 1.11 bits per heavy atom.